The Bertz CT molecular complexity index is 787. The van der Waals surface area contributed by atoms with Crippen LogP contribution in [-0.4, -0.2) is 55.7 Å². The van der Waals surface area contributed by atoms with Crippen molar-refractivity contribution in [3.8, 4) is 0 Å². The minimum Gasteiger partial charge on any atom is -0.356 e. The molecular weight excluding hydrogens is 346 g/mol. The lowest BCUT2D eigenvalue weighted by atomic mass is 10.0. The number of likely N-dealkylation sites (N-methyl/N-ethyl adjacent to an activating group) is 1. The molecule has 0 aliphatic rings. The average Bonchev–Trinajstić information content (AvgIpc) is 3.12. The van der Waals surface area contributed by atoms with E-state index in [1.54, 1.807) is 7.05 Å². The van der Waals surface area contributed by atoms with E-state index in [0.29, 0.717) is 0 Å². The molecule has 1 aromatic carbocycles. The second-order valence-corrected chi connectivity index (χ2v) is 5.70. The summed E-state index contributed by atoms with van der Waals surface area (Å²) < 4.78 is 37.0. The van der Waals surface area contributed by atoms with Crippen molar-refractivity contribution < 1.29 is 27.8 Å². The number of halogens is 2. The Morgan fingerprint density at radius 3 is 2.58 bits per heavy atom. The Kier molecular flexibility index (Phi) is 6.59. The summed E-state index contributed by atoms with van der Waals surface area (Å²) in [5, 5.41) is 0. The first-order valence-electron chi connectivity index (χ1n) is 7.83. The van der Waals surface area contributed by atoms with Crippen LogP contribution in [0.3, 0.4) is 0 Å². The molecule has 0 saturated carbocycles. The van der Waals surface area contributed by atoms with Crippen LogP contribution in [0.2, 0.25) is 0 Å². The predicted molar refractivity (Wildman–Crippen MR) is 90.0 cm³/mol. The molecule has 1 heterocycles. The standard InChI is InChI=1S/C18H20F2N2O4/c1-22(10-16(25-2)26-3)18(24)14-7-12(9-21-14)15(23)8-11-5-4-6-13(19)17(11)20/h4-7,9,16,21H,8,10H2,1-3H3. The SMILES string of the molecule is COC(CN(C)C(=O)c1cc(C(=O)Cc2cccc(F)c2F)c[nH]1)OC. The summed E-state index contributed by atoms with van der Waals surface area (Å²) in [7, 11) is 4.49. The molecule has 1 N–H and O–H groups in total. The predicted octanol–water partition coefficient (Wildman–Crippen LogP) is 2.41. The Morgan fingerprint density at radius 2 is 1.92 bits per heavy atom. The average molecular weight is 366 g/mol. The number of aromatic nitrogens is 1. The molecule has 0 fully saturated rings. The van der Waals surface area contributed by atoms with Gasteiger partial charge in [-0.15, -0.1) is 0 Å². The lowest BCUT2D eigenvalue weighted by Gasteiger charge is -2.21. The number of ketones is 1. The number of hydrogen-bond acceptors (Lipinski definition) is 4. The molecule has 8 heteroatoms. The number of H-pyrrole nitrogens is 1. The normalized spacial score (nSPS) is 11.0. The quantitative estimate of drug-likeness (QED) is 0.575. The van der Waals surface area contributed by atoms with Gasteiger partial charge in [0, 0.05) is 39.4 Å². The number of benzene rings is 1. The number of aromatic amines is 1. The van der Waals surface area contributed by atoms with Gasteiger partial charge in [0.1, 0.15) is 5.69 Å². The van der Waals surface area contributed by atoms with Gasteiger partial charge in [0.05, 0.1) is 6.54 Å². The summed E-state index contributed by atoms with van der Waals surface area (Å²) in [6.45, 7) is 0.197. The Balaban J connectivity index is 2.07. The Labute approximate surface area is 149 Å². The first-order chi connectivity index (χ1) is 12.4. The third-order valence-electron chi connectivity index (χ3n) is 3.91. The lowest BCUT2D eigenvalue weighted by Crippen LogP contribution is -2.36. The molecule has 0 aliphatic carbocycles. The highest BCUT2D eigenvalue weighted by molar-refractivity contribution is 6.01. The summed E-state index contributed by atoms with van der Waals surface area (Å²) in [5.74, 6) is -2.84. The van der Waals surface area contributed by atoms with Crippen molar-refractivity contribution in [1.29, 1.82) is 0 Å². The number of nitrogens with one attached hydrogen (secondary N) is 1. The molecule has 0 unspecified atom stereocenters. The van der Waals surface area contributed by atoms with Gasteiger partial charge in [-0.25, -0.2) is 8.78 Å². The van der Waals surface area contributed by atoms with E-state index in [0.717, 1.165) is 6.07 Å². The van der Waals surface area contributed by atoms with Gasteiger partial charge in [0.2, 0.25) is 0 Å². The van der Waals surface area contributed by atoms with Crippen molar-refractivity contribution in [2.24, 2.45) is 0 Å². The van der Waals surface area contributed by atoms with Gasteiger partial charge in [-0.05, 0) is 17.7 Å². The largest absolute Gasteiger partial charge is 0.356 e. The fourth-order valence-electron chi connectivity index (χ4n) is 2.40. The lowest BCUT2D eigenvalue weighted by molar-refractivity contribution is -0.110. The number of carbonyl (C=O) groups is 2. The van der Waals surface area contributed by atoms with Crippen LogP contribution < -0.4 is 0 Å². The Hall–Kier alpha value is -2.58. The zero-order valence-corrected chi connectivity index (χ0v) is 14.7. The molecule has 0 saturated heterocycles. The summed E-state index contributed by atoms with van der Waals surface area (Å²) in [4.78, 5) is 28.8. The van der Waals surface area contributed by atoms with Crippen LogP contribution in [0.1, 0.15) is 26.4 Å². The first-order valence-corrected chi connectivity index (χ1v) is 7.83. The third-order valence-corrected chi connectivity index (χ3v) is 3.91. The molecule has 0 bridgehead atoms. The van der Waals surface area contributed by atoms with E-state index in [2.05, 4.69) is 4.98 Å². The van der Waals surface area contributed by atoms with Crippen LogP contribution in [0.5, 0.6) is 0 Å². The highest BCUT2D eigenvalue weighted by Gasteiger charge is 2.20. The van der Waals surface area contributed by atoms with E-state index in [-0.39, 0.29) is 35.7 Å². The van der Waals surface area contributed by atoms with Crippen LogP contribution in [-0.2, 0) is 15.9 Å². The van der Waals surface area contributed by atoms with E-state index in [4.69, 9.17) is 9.47 Å². The minimum absolute atomic E-state index is 0.0378. The summed E-state index contributed by atoms with van der Waals surface area (Å²) in [6, 6.07) is 5.05. The number of ether oxygens (including phenoxy) is 2. The van der Waals surface area contributed by atoms with Crippen LogP contribution in [0.4, 0.5) is 8.78 Å². The molecule has 2 aromatic rings. The van der Waals surface area contributed by atoms with E-state index in [9.17, 15) is 18.4 Å². The van der Waals surface area contributed by atoms with Gasteiger partial charge in [0.25, 0.3) is 5.91 Å². The van der Waals surface area contributed by atoms with Crippen molar-refractivity contribution >= 4 is 11.7 Å². The maximum atomic E-state index is 13.7. The fourth-order valence-corrected chi connectivity index (χ4v) is 2.40. The van der Waals surface area contributed by atoms with Gasteiger partial charge in [-0.2, -0.15) is 0 Å². The van der Waals surface area contributed by atoms with E-state index >= 15 is 0 Å². The van der Waals surface area contributed by atoms with Crippen molar-refractivity contribution in [1.82, 2.24) is 9.88 Å². The van der Waals surface area contributed by atoms with Crippen LogP contribution in [0, 0.1) is 11.6 Å². The summed E-state index contributed by atoms with van der Waals surface area (Å²) in [5.41, 5.74) is 0.367. The molecular formula is C18H20F2N2O4. The Morgan fingerprint density at radius 1 is 1.23 bits per heavy atom. The maximum absolute atomic E-state index is 13.7. The third kappa shape index (κ3) is 4.53. The zero-order chi connectivity index (χ0) is 19.3. The second-order valence-electron chi connectivity index (χ2n) is 5.70. The molecule has 2 rings (SSSR count). The number of methoxy groups -OCH3 is 2. The van der Waals surface area contributed by atoms with Gasteiger partial charge in [-0.3, -0.25) is 9.59 Å². The van der Waals surface area contributed by atoms with E-state index < -0.39 is 23.7 Å². The number of nitrogens with zero attached hydrogens (tertiary/aromatic N) is 1. The number of amides is 1. The summed E-state index contributed by atoms with van der Waals surface area (Å²) in [6.07, 6.45) is 0.487. The number of hydrogen-bond donors (Lipinski definition) is 1. The number of carbonyl (C=O) groups excluding carboxylic acids is 2. The first kappa shape index (κ1) is 19.7. The van der Waals surface area contributed by atoms with Crippen molar-refractivity contribution in [2.45, 2.75) is 12.7 Å². The number of Topliss-reactive ketones (excluding diaryl/α,β-unsaturated/α-hetero) is 1. The highest BCUT2D eigenvalue weighted by atomic mass is 19.2. The zero-order valence-electron chi connectivity index (χ0n) is 14.7. The fraction of sp³-hybridized carbons (Fsp3) is 0.333. The monoisotopic (exact) mass is 366 g/mol. The second kappa shape index (κ2) is 8.68. The van der Waals surface area contributed by atoms with Crippen LogP contribution >= 0.6 is 0 Å². The highest BCUT2D eigenvalue weighted by Crippen LogP contribution is 2.15. The molecule has 26 heavy (non-hydrogen) atoms. The molecule has 1 amide bonds. The van der Waals surface area contributed by atoms with Crippen molar-refractivity contribution in [2.75, 3.05) is 27.8 Å². The number of rotatable bonds is 8. The topological polar surface area (TPSA) is 71.6 Å². The molecule has 0 radical (unpaired) electrons. The van der Waals surface area contributed by atoms with Crippen molar-refractivity contribution in [3.05, 3.63) is 58.9 Å². The molecule has 0 atom stereocenters. The van der Waals surface area contributed by atoms with E-state index in [1.807, 2.05) is 0 Å². The van der Waals surface area contributed by atoms with Gasteiger partial charge in [-0.1, -0.05) is 12.1 Å². The van der Waals surface area contributed by atoms with Gasteiger partial charge >= 0.3 is 0 Å². The van der Waals surface area contributed by atoms with E-state index in [1.165, 1.54) is 43.5 Å². The molecule has 0 spiro atoms. The maximum Gasteiger partial charge on any atom is 0.270 e. The van der Waals surface area contributed by atoms with Crippen molar-refractivity contribution in [3.63, 3.8) is 0 Å². The molecule has 6 nitrogen and oxygen atoms in total. The van der Waals surface area contributed by atoms with Gasteiger partial charge < -0.3 is 19.4 Å². The minimum atomic E-state index is -1.04. The molecule has 1 aromatic heterocycles. The molecule has 140 valence electrons. The van der Waals surface area contributed by atoms with Crippen LogP contribution in [0.15, 0.2) is 30.5 Å². The summed E-state index contributed by atoms with van der Waals surface area (Å²) >= 11 is 0. The van der Waals surface area contributed by atoms with Crippen LogP contribution in [0.25, 0.3) is 0 Å². The van der Waals surface area contributed by atoms with Gasteiger partial charge in [0.15, 0.2) is 23.7 Å². The molecule has 0 aliphatic heterocycles. The smallest absolute Gasteiger partial charge is 0.270 e.